The number of carbonyl (C=O) groups excluding carboxylic acids is 10. The standard InChI is InChI=1S/C79H138N6O26.2H2/c1-62(29-23-25-41-80-73(93)60-111-56-52-107-48-44-83-75(95)61-110-55-49-104-45-27-31-65(87)37-38-67(78(100)101)84-71(91)33-19-15-11-7-3-5-9-13-17-21-35-76(96)97)69(89)57-64(63(2)86)30-24-26-42-81-74(94)59-109-54-50-105-46-28-32-66(88)58-108-53-51-106-47-43-82-70(90)40-39-68(79(102)103)85-72(92)34-20-16-12-8-4-6-10-14-18-22-36-77(98)99;;/h62,64,67-68H,3-61H2,1-2H3,(H,80,93)(H,81,94)(H,82,90)(H,83,95)(H,84,91)(H,85,92)(H,96,97)(H,98,99)(H,100,101)(H,102,103);2*1H/t62-,64+,67-,68-;;/m0../s1. The van der Waals surface area contributed by atoms with E-state index in [1.165, 1.54) is 6.92 Å². The van der Waals surface area contributed by atoms with E-state index < -0.39 is 41.9 Å². The first-order chi connectivity index (χ1) is 53.5. The lowest BCUT2D eigenvalue weighted by Crippen LogP contribution is -2.41. The van der Waals surface area contributed by atoms with Crippen LogP contribution in [0, 0.1) is 11.8 Å². The lowest BCUT2D eigenvalue weighted by Gasteiger charge is -2.16. The van der Waals surface area contributed by atoms with Gasteiger partial charge < -0.3 is 90.2 Å². The van der Waals surface area contributed by atoms with E-state index >= 15 is 0 Å². The molecule has 0 aromatic heterocycles. The number of hydrogen-bond acceptors (Lipinski definition) is 22. The molecule has 32 nitrogen and oxygen atoms in total. The number of unbranched alkanes of at least 4 members (excludes halogenated alkanes) is 20. The molecule has 0 rings (SSSR count). The third-order valence-corrected chi connectivity index (χ3v) is 18.1. The number of carbonyl (C=O) groups is 14. The summed E-state index contributed by atoms with van der Waals surface area (Å²) in [7, 11) is 0. The maximum Gasteiger partial charge on any atom is 0.326 e. The van der Waals surface area contributed by atoms with Crippen molar-refractivity contribution in [3.63, 3.8) is 0 Å². The second-order valence-corrected chi connectivity index (χ2v) is 28.1. The first kappa shape index (κ1) is 104. The number of Topliss-reactive ketones (excluding diaryl/α,β-unsaturated/α-hetero) is 4. The molecular formula is C79H142N6O26. The molecule has 0 aromatic rings. The smallest absolute Gasteiger partial charge is 0.326 e. The minimum Gasteiger partial charge on any atom is -0.481 e. The van der Waals surface area contributed by atoms with Gasteiger partial charge in [0.15, 0.2) is 5.78 Å². The molecule has 0 aliphatic carbocycles. The topological polar surface area (TPSA) is 466 Å². The first-order valence-electron chi connectivity index (χ1n) is 40.7. The molecule has 0 saturated carbocycles. The summed E-state index contributed by atoms with van der Waals surface area (Å²) in [5.74, 6) is -6.89. The zero-order chi connectivity index (χ0) is 82.0. The highest BCUT2D eigenvalue weighted by Gasteiger charge is 2.24. The number of carboxylic acids is 4. The summed E-state index contributed by atoms with van der Waals surface area (Å²) >= 11 is 0. The lowest BCUT2D eigenvalue weighted by molar-refractivity contribution is -0.142. The molecule has 644 valence electrons. The number of rotatable bonds is 84. The predicted octanol–water partition coefficient (Wildman–Crippen LogP) is 8.15. The van der Waals surface area contributed by atoms with Gasteiger partial charge in [0.1, 0.15) is 55.9 Å². The SMILES string of the molecule is CC(=O)[C@H](CCCCNC(=O)COCCOCCCC(=O)COCCOCCNC(=O)CC[C@H](NC(=O)CCCCCCCCCCCCC(=O)O)C(=O)O)CC(=O)[C@@H](C)CCCCNC(=O)COCCOCCNC(=O)COCCOCCCC(=O)CC[C@H](NC(=O)CCCCCCCCCCCCC(=O)O)C(=O)O.[HH].[HH]. The maximum atomic E-state index is 13.0. The number of carboxylic acid groups (broad SMARTS) is 4. The van der Waals surface area contributed by atoms with E-state index in [4.69, 9.17) is 48.1 Å². The first-order valence-corrected chi connectivity index (χ1v) is 40.7. The van der Waals surface area contributed by atoms with E-state index in [0.717, 1.165) is 103 Å². The summed E-state index contributed by atoms with van der Waals surface area (Å²) in [4.78, 5) is 168. The highest BCUT2D eigenvalue weighted by Crippen LogP contribution is 2.21. The van der Waals surface area contributed by atoms with Gasteiger partial charge in [-0.15, -0.1) is 0 Å². The number of aliphatic carboxylic acids is 4. The Hall–Kier alpha value is -6.94. The van der Waals surface area contributed by atoms with Crippen molar-refractivity contribution in [3.8, 4) is 0 Å². The predicted molar refractivity (Wildman–Crippen MR) is 416 cm³/mol. The average Bonchev–Trinajstić information content (AvgIpc) is 0.924. The molecule has 0 saturated heterocycles. The van der Waals surface area contributed by atoms with E-state index in [0.29, 0.717) is 96.7 Å². The summed E-state index contributed by atoms with van der Waals surface area (Å²) in [5, 5.41) is 52.4. The third-order valence-electron chi connectivity index (χ3n) is 18.1. The van der Waals surface area contributed by atoms with Crippen LogP contribution in [0.25, 0.3) is 0 Å². The minimum absolute atomic E-state index is 0. The number of ketones is 4. The Morgan fingerprint density at radius 3 is 1.02 bits per heavy atom. The van der Waals surface area contributed by atoms with E-state index in [1.54, 1.807) is 0 Å². The molecule has 32 heteroatoms. The molecule has 0 unspecified atom stereocenters. The van der Waals surface area contributed by atoms with Crippen molar-refractivity contribution in [1.82, 2.24) is 31.9 Å². The van der Waals surface area contributed by atoms with Gasteiger partial charge in [0.05, 0.1) is 66.1 Å². The molecule has 10 N–H and O–H groups in total. The molecule has 0 fully saturated rings. The Kier molecular flexibility index (Phi) is 69.8. The van der Waals surface area contributed by atoms with Crippen LogP contribution in [-0.2, 0) is 105 Å². The molecule has 0 spiro atoms. The number of nitrogens with one attached hydrogen (secondary N) is 6. The maximum absolute atomic E-state index is 13.0. The monoisotopic (exact) mass is 1590 g/mol. The third kappa shape index (κ3) is 71.8. The summed E-state index contributed by atoms with van der Waals surface area (Å²) in [5.41, 5.74) is 0. The van der Waals surface area contributed by atoms with E-state index in [2.05, 4.69) is 31.9 Å². The van der Waals surface area contributed by atoms with Crippen molar-refractivity contribution in [1.29, 1.82) is 0 Å². The molecule has 0 aliphatic rings. The fourth-order valence-corrected chi connectivity index (χ4v) is 11.4. The van der Waals surface area contributed by atoms with Gasteiger partial charge in [0.2, 0.25) is 35.4 Å². The van der Waals surface area contributed by atoms with Crippen molar-refractivity contribution < 1.29 is 128 Å². The fraction of sp³-hybridized carbons (Fsp3) is 0.823. The lowest BCUT2D eigenvalue weighted by atomic mass is 9.87. The van der Waals surface area contributed by atoms with Crippen molar-refractivity contribution >= 4 is 82.5 Å². The van der Waals surface area contributed by atoms with E-state index in [-0.39, 0.29) is 250 Å². The zero-order valence-electron chi connectivity index (χ0n) is 66.8. The van der Waals surface area contributed by atoms with Crippen molar-refractivity contribution in [2.45, 2.75) is 276 Å². The average molecular weight is 1590 g/mol. The highest BCUT2D eigenvalue weighted by atomic mass is 16.5. The van der Waals surface area contributed by atoms with Crippen LogP contribution >= 0.6 is 0 Å². The van der Waals surface area contributed by atoms with Crippen LogP contribution < -0.4 is 31.9 Å². The van der Waals surface area contributed by atoms with Gasteiger partial charge in [-0.25, -0.2) is 9.59 Å². The van der Waals surface area contributed by atoms with Gasteiger partial charge in [-0.3, -0.25) is 57.5 Å². The second kappa shape index (κ2) is 74.5. The molecule has 0 heterocycles. The Morgan fingerprint density at radius 1 is 0.288 bits per heavy atom. The van der Waals surface area contributed by atoms with Gasteiger partial charge in [0.25, 0.3) is 0 Å². The zero-order valence-corrected chi connectivity index (χ0v) is 66.8. The van der Waals surface area contributed by atoms with Crippen molar-refractivity contribution in [3.05, 3.63) is 0 Å². The van der Waals surface area contributed by atoms with Crippen LogP contribution in [0.5, 0.6) is 0 Å². The van der Waals surface area contributed by atoms with Crippen LogP contribution in [0.15, 0.2) is 0 Å². The van der Waals surface area contributed by atoms with Crippen LogP contribution in [0.4, 0.5) is 0 Å². The molecule has 0 radical (unpaired) electrons. The van der Waals surface area contributed by atoms with Crippen LogP contribution in [0.1, 0.15) is 267 Å². The molecule has 6 amide bonds. The van der Waals surface area contributed by atoms with Gasteiger partial charge in [-0.05, 0) is 84.0 Å². The molecule has 4 atom stereocenters. The van der Waals surface area contributed by atoms with Gasteiger partial charge in [-0.1, -0.05) is 122 Å². The Labute approximate surface area is 660 Å². The largest absolute Gasteiger partial charge is 0.481 e. The molecular weight excluding hydrogens is 1450 g/mol. The Bertz CT molecular complexity index is 2580. The summed E-state index contributed by atoms with van der Waals surface area (Å²) in [6, 6.07) is -2.31. The van der Waals surface area contributed by atoms with Gasteiger partial charge in [0, 0.05) is 112 Å². The molecule has 111 heavy (non-hydrogen) atoms. The second-order valence-electron chi connectivity index (χ2n) is 28.1. The fourth-order valence-electron chi connectivity index (χ4n) is 11.4. The minimum atomic E-state index is -1.21. The number of hydrogen-bond donors (Lipinski definition) is 10. The van der Waals surface area contributed by atoms with Crippen LogP contribution in [0.2, 0.25) is 0 Å². The molecule has 0 aromatic carbocycles. The number of ether oxygens (including phenoxy) is 8. The normalized spacial score (nSPS) is 12.3. The summed E-state index contributed by atoms with van der Waals surface area (Å²) < 4.78 is 43.3. The van der Waals surface area contributed by atoms with Gasteiger partial charge >= 0.3 is 23.9 Å². The number of amides is 6. The Morgan fingerprint density at radius 2 is 0.622 bits per heavy atom. The summed E-state index contributed by atoms with van der Waals surface area (Å²) in [6.45, 7) is 6.43. The van der Waals surface area contributed by atoms with Crippen LogP contribution in [-0.4, -0.2) is 247 Å². The van der Waals surface area contributed by atoms with E-state index in [1.807, 2.05) is 6.92 Å². The van der Waals surface area contributed by atoms with Crippen molar-refractivity contribution in [2.75, 3.05) is 132 Å². The van der Waals surface area contributed by atoms with Crippen LogP contribution in [0.3, 0.4) is 0 Å². The van der Waals surface area contributed by atoms with E-state index in [9.17, 15) is 77.3 Å². The highest BCUT2D eigenvalue weighted by molar-refractivity contribution is 5.88. The Balaban J connectivity index is -0.0000605. The summed E-state index contributed by atoms with van der Waals surface area (Å²) in [6.07, 6.45) is 25.0. The van der Waals surface area contributed by atoms with Crippen molar-refractivity contribution in [2.24, 2.45) is 11.8 Å². The van der Waals surface area contributed by atoms with Gasteiger partial charge in [-0.2, -0.15) is 0 Å². The molecule has 0 aliphatic heterocycles. The molecule has 0 bridgehead atoms. The quantitative estimate of drug-likeness (QED) is 0.0257.